The minimum atomic E-state index is -0.0109. The van der Waals surface area contributed by atoms with Crippen LogP contribution in [-0.4, -0.2) is 7.05 Å². The monoisotopic (exact) mass is 1530 g/mol. The zero-order valence-electron chi connectivity index (χ0n) is 70.2. The lowest BCUT2D eigenvalue weighted by atomic mass is 9.70. The Labute approximate surface area is 699 Å². The first-order valence-corrected chi connectivity index (χ1v) is 44.4. The third-order valence-corrected chi connectivity index (χ3v) is 25.9. The van der Waals surface area contributed by atoms with Crippen molar-refractivity contribution in [1.82, 2.24) is 0 Å². The predicted molar refractivity (Wildman–Crippen MR) is 504 cm³/mol. The molecule has 0 aliphatic heterocycles. The molecule has 0 N–H and O–H groups in total. The van der Waals surface area contributed by atoms with Crippen LogP contribution in [0.4, 0.5) is 45.5 Å². The van der Waals surface area contributed by atoms with Crippen LogP contribution >= 0.6 is 0 Å². The normalized spacial score (nSPS) is 12.9. The van der Waals surface area contributed by atoms with Gasteiger partial charge < -0.3 is 14.7 Å². The minimum Gasteiger partial charge on any atom is -0.345 e. The Balaban J connectivity index is 0.000000175. The molecule has 117 heavy (non-hydrogen) atoms. The molecule has 0 heterocycles. The van der Waals surface area contributed by atoms with Crippen molar-refractivity contribution in [2.75, 3.05) is 21.7 Å². The lowest BCUT2D eigenvalue weighted by Crippen LogP contribution is -2.25. The molecule has 3 aliphatic rings. The van der Waals surface area contributed by atoms with Gasteiger partial charge in [-0.05, 0) is 278 Å². The first-order chi connectivity index (χ1) is 57.6. The van der Waals surface area contributed by atoms with E-state index < -0.39 is 0 Å². The summed E-state index contributed by atoms with van der Waals surface area (Å²) in [6, 6.07) is 125. The van der Waals surface area contributed by atoms with Crippen LogP contribution in [0.5, 0.6) is 0 Å². The van der Waals surface area contributed by atoms with Crippen LogP contribution in [0.3, 0.4) is 0 Å². The number of nitrogens with zero attached hydrogens (tertiary/aromatic N) is 3. The largest absolute Gasteiger partial charge is 0.345 e. The van der Waals surface area contributed by atoms with Gasteiger partial charge >= 0.3 is 0 Å². The molecule has 0 radical (unpaired) electrons. The number of benzene rings is 14. The Morgan fingerprint density at radius 2 is 0.496 bits per heavy atom. The first-order valence-electron chi connectivity index (χ1n) is 44.4. The number of anilines is 8. The highest BCUT2D eigenvalue weighted by molar-refractivity contribution is 5.90. The van der Waals surface area contributed by atoms with Gasteiger partial charge in [0.2, 0.25) is 0 Å². The number of fused-ring (bicyclic) bond motifs is 7. The molecule has 588 valence electrons. The topological polar surface area (TPSA) is 9.72 Å². The summed E-state index contributed by atoms with van der Waals surface area (Å²) in [6.45, 7) is 11.5. The van der Waals surface area contributed by atoms with Crippen LogP contribution in [0, 0.1) is 6.92 Å². The Morgan fingerprint density at radius 3 is 0.838 bits per heavy atom. The summed E-state index contributed by atoms with van der Waals surface area (Å²) in [5, 5.41) is 0. The Hall–Kier alpha value is -11.5. The van der Waals surface area contributed by atoms with Crippen molar-refractivity contribution in [3.63, 3.8) is 0 Å². The highest BCUT2D eigenvalue weighted by Crippen LogP contribution is 2.58. The fourth-order valence-electron chi connectivity index (χ4n) is 19.3. The molecule has 0 fully saturated rings. The van der Waals surface area contributed by atoms with Crippen molar-refractivity contribution in [2.24, 2.45) is 0 Å². The van der Waals surface area contributed by atoms with E-state index in [1.54, 1.807) is 11.1 Å². The quantitative estimate of drug-likeness (QED) is 0.0380. The molecule has 0 amide bonds. The smallest absolute Gasteiger partial charge is 0.0467 e. The van der Waals surface area contributed by atoms with Crippen molar-refractivity contribution in [3.05, 3.63) is 373 Å². The summed E-state index contributed by atoms with van der Waals surface area (Å²) in [7, 11) is 2.15. The van der Waals surface area contributed by atoms with Crippen molar-refractivity contribution in [1.29, 1.82) is 0 Å². The molecule has 0 unspecified atom stereocenters. The molecule has 0 saturated carbocycles. The molecule has 14 aromatic rings. The zero-order valence-corrected chi connectivity index (χ0v) is 70.2. The van der Waals surface area contributed by atoms with Crippen LogP contribution in [0.25, 0.3) is 77.9 Å². The van der Waals surface area contributed by atoms with Crippen LogP contribution in [0.2, 0.25) is 0 Å². The average molecular weight is 1530 g/mol. The van der Waals surface area contributed by atoms with E-state index in [2.05, 4.69) is 390 Å². The maximum Gasteiger partial charge on any atom is 0.0467 e. The maximum atomic E-state index is 2.59. The van der Waals surface area contributed by atoms with E-state index in [9.17, 15) is 0 Å². The Kier molecular flexibility index (Phi) is 25.2. The third kappa shape index (κ3) is 17.2. The third-order valence-electron chi connectivity index (χ3n) is 25.9. The van der Waals surface area contributed by atoms with E-state index in [0.717, 1.165) is 28.4 Å². The van der Waals surface area contributed by atoms with E-state index in [1.807, 2.05) is 0 Å². The zero-order chi connectivity index (χ0) is 79.9. The number of para-hydroxylation sites is 4. The molecule has 0 aromatic heterocycles. The van der Waals surface area contributed by atoms with Gasteiger partial charge in [0, 0.05) is 63.4 Å². The Morgan fingerprint density at radius 1 is 0.222 bits per heavy atom. The van der Waals surface area contributed by atoms with Crippen molar-refractivity contribution in [2.45, 2.75) is 187 Å². The molecule has 17 rings (SSSR count). The fourth-order valence-corrected chi connectivity index (χ4v) is 19.3. The van der Waals surface area contributed by atoms with Gasteiger partial charge in [-0.2, -0.15) is 0 Å². The van der Waals surface area contributed by atoms with Gasteiger partial charge in [-0.15, -0.1) is 0 Å². The summed E-state index contributed by atoms with van der Waals surface area (Å²) in [6.07, 6.45) is 27.6. The van der Waals surface area contributed by atoms with Crippen LogP contribution in [0.1, 0.15) is 195 Å². The van der Waals surface area contributed by atoms with E-state index >= 15 is 0 Å². The van der Waals surface area contributed by atoms with E-state index in [4.69, 9.17) is 0 Å². The number of hydrogen-bond acceptors (Lipinski definition) is 3. The van der Waals surface area contributed by atoms with E-state index in [0.29, 0.717) is 0 Å². The van der Waals surface area contributed by atoms with Crippen LogP contribution in [0.15, 0.2) is 334 Å². The fraction of sp³-hybridized carbons (Fsp3) is 0.263. The molecule has 0 atom stereocenters. The lowest BCUT2D eigenvalue weighted by Gasteiger charge is -2.33. The second-order valence-electron chi connectivity index (χ2n) is 33.6. The molecule has 3 aliphatic carbocycles. The second-order valence-corrected chi connectivity index (χ2v) is 33.6. The number of unbranched alkanes of at least 4 members (excludes halogenated alkanes) is 12. The molecule has 14 aromatic carbocycles. The van der Waals surface area contributed by atoms with Gasteiger partial charge in [0.15, 0.2) is 0 Å². The van der Waals surface area contributed by atoms with Crippen molar-refractivity contribution < 1.29 is 0 Å². The van der Waals surface area contributed by atoms with Gasteiger partial charge in [-0.1, -0.05) is 348 Å². The van der Waals surface area contributed by atoms with Crippen LogP contribution in [-0.2, 0) is 23.7 Å². The summed E-state index contributed by atoms with van der Waals surface area (Å²) >= 11 is 0. The SMILES string of the molecule is CCCCCCC1(CCCCCC)c2cc(-c3ccc(C)cc3)ccc2-c2ccc(-c3ccc(N(c4ccccc4)c4cccc(-c5ccc6c(c5)CC6)c4)cc3)cc21.CCCCCCC1(CCCCCC)c2cc(-c3ccc(N(C)c4ccccc4)cc3)ccc2-c2ccc(-c3ccc(N(c4ccccc4)c4ccccc4)cc3)cc21. The number of hydrogen-bond donors (Lipinski definition) is 0. The van der Waals surface area contributed by atoms with Gasteiger partial charge in [0.25, 0.3) is 0 Å². The molecule has 0 saturated heterocycles. The second kappa shape index (κ2) is 37.2. The molecule has 0 spiro atoms. The number of aryl methyl sites for hydroxylation is 3. The molecular weight excluding hydrogens is 1410 g/mol. The lowest BCUT2D eigenvalue weighted by molar-refractivity contribution is 0.401. The summed E-state index contributed by atoms with van der Waals surface area (Å²) in [4.78, 5) is 7.00. The molecule has 3 nitrogen and oxygen atoms in total. The highest BCUT2D eigenvalue weighted by atomic mass is 15.1. The highest BCUT2D eigenvalue weighted by Gasteiger charge is 2.44. The minimum absolute atomic E-state index is 0.0109. The molecular formula is C114H117N3. The van der Waals surface area contributed by atoms with E-state index in [-0.39, 0.29) is 10.8 Å². The van der Waals surface area contributed by atoms with Crippen molar-refractivity contribution >= 4 is 45.5 Å². The maximum absolute atomic E-state index is 2.59. The van der Waals surface area contributed by atoms with Crippen LogP contribution < -0.4 is 14.7 Å². The first kappa shape index (κ1) is 79.3. The summed E-state index contributed by atoms with van der Waals surface area (Å²) < 4.78 is 0. The summed E-state index contributed by atoms with van der Waals surface area (Å²) in [5.74, 6) is 0. The standard InChI is InChI=1S/C58H59N.C56H58N2/c1-4-6-8-13-36-58(37-14-9-7-5-2)56-40-49(43-22-20-42(3)21-23-43)30-34-54(56)55-35-31-50(41-57(55)58)45-28-32-52(33-29-45)59(51-17-11-10-12-18-51)53-19-15-16-46(39-53)48-27-25-44-24-26-47(44)38-48;1-4-6-8-19-39-56(40-20-9-7-5-2)54-41-45(43-27-33-48(34-28-43)57(3)47-21-13-10-14-22-47)31-37-52(54)53-38-32-46(42-55(53)56)44-29-35-51(36-30-44)58(49-23-15-11-16-24-49)50-25-17-12-18-26-50/h10-12,15-23,25,27-35,38-41H,4-9,13-14,24,26,36-37H2,1-3H3;10-18,21-38,41-42H,4-9,19-20,39-40H2,1-3H3. The average Bonchev–Trinajstić information content (AvgIpc) is 1.57. The van der Waals surface area contributed by atoms with Gasteiger partial charge in [0.1, 0.15) is 0 Å². The number of rotatable bonds is 33. The van der Waals surface area contributed by atoms with Gasteiger partial charge in [-0.25, -0.2) is 0 Å². The van der Waals surface area contributed by atoms with Gasteiger partial charge in [-0.3, -0.25) is 0 Å². The molecule has 3 heteroatoms. The predicted octanol–water partition coefficient (Wildman–Crippen LogP) is 33.2. The van der Waals surface area contributed by atoms with Crippen molar-refractivity contribution in [3.8, 4) is 77.9 Å². The van der Waals surface area contributed by atoms with Gasteiger partial charge in [0.05, 0.1) is 0 Å². The van der Waals surface area contributed by atoms with E-state index in [1.165, 1.54) is 264 Å². The summed E-state index contributed by atoms with van der Waals surface area (Å²) in [5.41, 5.74) is 38.4. The molecule has 0 bridgehead atoms. The Bertz CT molecular complexity index is 5520.